The van der Waals surface area contributed by atoms with Gasteiger partial charge >= 0.3 is 0 Å². The van der Waals surface area contributed by atoms with Crippen LogP contribution in [0, 0.1) is 0 Å². The van der Waals surface area contributed by atoms with E-state index in [2.05, 4.69) is 33.4 Å². The van der Waals surface area contributed by atoms with Gasteiger partial charge in [0, 0.05) is 11.0 Å². The SMILES string of the molecule is Brc1cccc(COC2CCNC2)c1. The first-order valence-electron chi connectivity index (χ1n) is 4.91. The van der Waals surface area contributed by atoms with E-state index in [-0.39, 0.29) is 0 Å². The Labute approximate surface area is 92.8 Å². The summed E-state index contributed by atoms with van der Waals surface area (Å²) in [6.07, 6.45) is 1.53. The van der Waals surface area contributed by atoms with Gasteiger partial charge in [0.15, 0.2) is 0 Å². The molecule has 76 valence electrons. The molecular weight excluding hydrogens is 242 g/mol. The van der Waals surface area contributed by atoms with Gasteiger partial charge in [-0.05, 0) is 30.7 Å². The fourth-order valence-electron chi connectivity index (χ4n) is 1.61. The van der Waals surface area contributed by atoms with Gasteiger partial charge in [0.2, 0.25) is 0 Å². The summed E-state index contributed by atoms with van der Waals surface area (Å²) in [7, 11) is 0. The van der Waals surface area contributed by atoms with Gasteiger partial charge in [0.25, 0.3) is 0 Å². The molecule has 0 aromatic heterocycles. The summed E-state index contributed by atoms with van der Waals surface area (Å²) in [5.41, 5.74) is 1.23. The summed E-state index contributed by atoms with van der Waals surface area (Å²) in [6, 6.07) is 8.26. The van der Waals surface area contributed by atoms with Crippen molar-refractivity contribution < 1.29 is 4.74 Å². The molecule has 3 heteroatoms. The first-order chi connectivity index (χ1) is 6.84. The highest BCUT2D eigenvalue weighted by Gasteiger charge is 2.14. The molecule has 1 fully saturated rings. The molecule has 1 heterocycles. The number of rotatable bonds is 3. The predicted octanol–water partition coefficient (Wildman–Crippen LogP) is 2.33. The molecule has 1 atom stereocenters. The van der Waals surface area contributed by atoms with Gasteiger partial charge in [-0.3, -0.25) is 0 Å². The molecule has 1 aromatic rings. The molecule has 2 rings (SSSR count). The number of benzene rings is 1. The highest BCUT2D eigenvalue weighted by atomic mass is 79.9. The monoisotopic (exact) mass is 255 g/mol. The third kappa shape index (κ3) is 2.80. The van der Waals surface area contributed by atoms with Crippen molar-refractivity contribution in [2.24, 2.45) is 0 Å². The van der Waals surface area contributed by atoms with Crippen LogP contribution in [0.1, 0.15) is 12.0 Å². The second-order valence-corrected chi connectivity index (χ2v) is 4.47. The van der Waals surface area contributed by atoms with Crippen LogP contribution in [-0.4, -0.2) is 19.2 Å². The average Bonchev–Trinajstić information content (AvgIpc) is 2.67. The maximum absolute atomic E-state index is 5.76. The minimum atomic E-state index is 0.397. The van der Waals surface area contributed by atoms with Crippen molar-refractivity contribution in [3.05, 3.63) is 34.3 Å². The maximum Gasteiger partial charge on any atom is 0.0721 e. The van der Waals surface area contributed by atoms with E-state index in [1.54, 1.807) is 0 Å². The van der Waals surface area contributed by atoms with Gasteiger partial charge in [-0.15, -0.1) is 0 Å². The van der Waals surface area contributed by atoms with Crippen LogP contribution >= 0.6 is 15.9 Å². The van der Waals surface area contributed by atoms with Gasteiger partial charge < -0.3 is 10.1 Å². The Kier molecular flexibility index (Phi) is 3.56. The zero-order valence-electron chi connectivity index (χ0n) is 8.00. The summed E-state index contributed by atoms with van der Waals surface area (Å²) in [6.45, 7) is 2.79. The molecule has 14 heavy (non-hydrogen) atoms. The van der Waals surface area contributed by atoms with Crippen LogP contribution in [0.4, 0.5) is 0 Å². The fraction of sp³-hybridized carbons (Fsp3) is 0.455. The normalized spacial score (nSPS) is 21.4. The molecule has 1 aromatic carbocycles. The van der Waals surface area contributed by atoms with Gasteiger partial charge in [0.05, 0.1) is 12.7 Å². The highest BCUT2D eigenvalue weighted by molar-refractivity contribution is 9.10. The Morgan fingerprint density at radius 2 is 2.43 bits per heavy atom. The first kappa shape index (κ1) is 10.1. The maximum atomic E-state index is 5.76. The lowest BCUT2D eigenvalue weighted by molar-refractivity contribution is 0.0542. The number of nitrogens with one attached hydrogen (secondary N) is 1. The van der Waals surface area contributed by atoms with Crippen molar-refractivity contribution in [1.29, 1.82) is 0 Å². The van der Waals surface area contributed by atoms with E-state index in [9.17, 15) is 0 Å². The van der Waals surface area contributed by atoms with Crippen LogP contribution in [0.5, 0.6) is 0 Å². The summed E-state index contributed by atoms with van der Waals surface area (Å²) in [5.74, 6) is 0. The van der Waals surface area contributed by atoms with Crippen molar-refractivity contribution in [3.63, 3.8) is 0 Å². The van der Waals surface area contributed by atoms with E-state index in [4.69, 9.17) is 4.74 Å². The Balaban J connectivity index is 1.85. The van der Waals surface area contributed by atoms with E-state index in [1.807, 2.05) is 12.1 Å². The average molecular weight is 256 g/mol. The molecule has 0 saturated carbocycles. The fourth-order valence-corrected chi connectivity index (χ4v) is 2.06. The lowest BCUT2D eigenvalue weighted by Gasteiger charge is -2.10. The molecule has 1 saturated heterocycles. The van der Waals surface area contributed by atoms with Gasteiger partial charge in [-0.2, -0.15) is 0 Å². The van der Waals surface area contributed by atoms with E-state index < -0.39 is 0 Å². The Morgan fingerprint density at radius 3 is 3.14 bits per heavy atom. The van der Waals surface area contributed by atoms with Gasteiger partial charge in [-0.1, -0.05) is 28.1 Å². The topological polar surface area (TPSA) is 21.3 Å². The second kappa shape index (κ2) is 4.91. The molecular formula is C11H14BrNO. The van der Waals surface area contributed by atoms with Crippen molar-refractivity contribution >= 4 is 15.9 Å². The summed E-state index contributed by atoms with van der Waals surface area (Å²) in [5, 5.41) is 3.29. The van der Waals surface area contributed by atoms with Crippen LogP contribution in [0.25, 0.3) is 0 Å². The Hall–Kier alpha value is -0.380. The lowest BCUT2D eigenvalue weighted by Crippen LogP contribution is -2.16. The number of halogens is 1. The third-order valence-corrected chi connectivity index (χ3v) is 2.88. The summed E-state index contributed by atoms with van der Waals surface area (Å²) in [4.78, 5) is 0. The molecule has 1 unspecified atom stereocenters. The van der Waals surface area contributed by atoms with Gasteiger partial charge in [0.1, 0.15) is 0 Å². The smallest absolute Gasteiger partial charge is 0.0721 e. The highest BCUT2D eigenvalue weighted by Crippen LogP contribution is 2.14. The molecule has 1 aliphatic heterocycles. The lowest BCUT2D eigenvalue weighted by atomic mass is 10.2. The molecule has 1 N–H and O–H groups in total. The standard InChI is InChI=1S/C11H14BrNO/c12-10-3-1-2-9(6-10)8-14-11-4-5-13-7-11/h1-3,6,11,13H,4-5,7-8H2. The van der Waals surface area contributed by atoms with Crippen LogP contribution in [-0.2, 0) is 11.3 Å². The van der Waals surface area contributed by atoms with Crippen molar-refractivity contribution in [1.82, 2.24) is 5.32 Å². The minimum absolute atomic E-state index is 0.397. The molecule has 0 aliphatic carbocycles. The molecule has 0 amide bonds. The largest absolute Gasteiger partial charge is 0.372 e. The number of hydrogen-bond donors (Lipinski definition) is 1. The zero-order chi connectivity index (χ0) is 9.80. The van der Waals surface area contributed by atoms with Crippen LogP contribution in [0.15, 0.2) is 28.7 Å². The van der Waals surface area contributed by atoms with E-state index in [0.29, 0.717) is 12.7 Å². The Bertz CT molecular complexity index is 297. The summed E-state index contributed by atoms with van der Waals surface area (Å²) >= 11 is 3.45. The number of ether oxygens (including phenoxy) is 1. The first-order valence-corrected chi connectivity index (χ1v) is 5.70. The molecule has 0 radical (unpaired) electrons. The van der Waals surface area contributed by atoms with Crippen molar-refractivity contribution in [2.75, 3.05) is 13.1 Å². The zero-order valence-corrected chi connectivity index (χ0v) is 9.59. The van der Waals surface area contributed by atoms with E-state index >= 15 is 0 Å². The van der Waals surface area contributed by atoms with Crippen molar-refractivity contribution in [3.8, 4) is 0 Å². The molecule has 0 bridgehead atoms. The van der Waals surface area contributed by atoms with E-state index in [1.165, 1.54) is 5.56 Å². The predicted molar refractivity (Wildman–Crippen MR) is 60.2 cm³/mol. The van der Waals surface area contributed by atoms with Crippen LogP contribution in [0.3, 0.4) is 0 Å². The van der Waals surface area contributed by atoms with Crippen LogP contribution in [0.2, 0.25) is 0 Å². The molecule has 0 spiro atoms. The molecule has 1 aliphatic rings. The van der Waals surface area contributed by atoms with Crippen LogP contribution < -0.4 is 5.32 Å². The quantitative estimate of drug-likeness (QED) is 0.896. The Morgan fingerprint density at radius 1 is 1.50 bits per heavy atom. The summed E-state index contributed by atoms with van der Waals surface area (Å²) < 4.78 is 6.87. The number of hydrogen-bond acceptors (Lipinski definition) is 2. The second-order valence-electron chi connectivity index (χ2n) is 3.56. The third-order valence-electron chi connectivity index (χ3n) is 2.39. The van der Waals surface area contributed by atoms with E-state index in [0.717, 1.165) is 24.0 Å². The van der Waals surface area contributed by atoms with Gasteiger partial charge in [-0.25, -0.2) is 0 Å². The minimum Gasteiger partial charge on any atom is -0.372 e. The molecule has 2 nitrogen and oxygen atoms in total. The van der Waals surface area contributed by atoms with Crippen molar-refractivity contribution in [2.45, 2.75) is 19.1 Å².